The Morgan fingerprint density at radius 2 is 1.93 bits per heavy atom. The molecule has 2 aliphatic heterocycles. The molecule has 0 aromatic rings. The predicted octanol–water partition coefficient (Wildman–Crippen LogP) is 2.20. The number of piperidine rings is 2. The molecule has 2 saturated heterocycles. The van der Waals surface area contributed by atoms with Crippen molar-refractivity contribution in [2.45, 2.75) is 39.5 Å². The second kappa shape index (κ2) is 14.4. The van der Waals surface area contributed by atoms with Crippen LogP contribution in [0.4, 0.5) is 0 Å². The fourth-order valence-corrected chi connectivity index (χ4v) is 3.88. The quantitative estimate of drug-likeness (QED) is 0.234. The van der Waals surface area contributed by atoms with E-state index in [2.05, 4.69) is 22.0 Å². The molecule has 1 unspecified atom stereocenters. The van der Waals surface area contributed by atoms with E-state index < -0.39 is 0 Å². The number of carbonyl (C=O) groups is 1. The number of carbonyl (C=O) groups excluding carboxylic acids is 1. The lowest BCUT2D eigenvalue weighted by Gasteiger charge is -2.35. The molecule has 2 aliphatic rings. The molecule has 0 radical (unpaired) electrons. The molecular formula is C20H39IN4O3. The molecule has 7 nitrogen and oxygen atoms in total. The van der Waals surface area contributed by atoms with Crippen LogP contribution in [0, 0.1) is 11.8 Å². The van der Waals surface area contributed by atoms with Crippen LogP contribution in [0.2, 0.25) is 0 Å². The highest BCUT2D eigenvalue weighted by Crippen LogP contribution is 2.20. The van der Waals surface area contributed by atoms with Gasteiger partial charge < -0.3 is 24.6 Å². The smallest absolute Gasteiger partial charge is 0.310 e. The number of rotatable bonds is 8. The molecule has 0 saturated carbocycles. The van der Waals surface area contributed by atoms with Gasteiger partial charge in [0.25, 0.3) is 0 Å². The first-order chi connectivity index (χ1) is 13.2. The van der Waals surface area contributed by atoms with Crippen molar-refractivity contribution in [3.63, 3.8) is 0 Å². The van der Waals surface area contributed by atoms with E-state index >= 15 is 0 Å². The third-order valence-corrected chi connectivity index (χ3v) is 5.49. The van der Waals surface area contributed by atoms with Gasteiger partial charge in [-0.05, 0) is 58.5 Å². The molecule has 0 bridgehead atoms. The Balaban J connectivity index is 0.00000392. The Hall–Kier alpha value is -0.610. The molecule has 0 aromatic heterocycles. The van der Waals surface area contributed by atoms with Gasteiger partial charge in [-0.1, -0.05) is 0 Å². The third-order valence-electron chi connectivity index (χ3n) is 5.49. The van der Waals surface area contributed by atoms with Gasteiger partial charge in [0, 0.05) is 39.8 Å². The number of nitrogens with zero attached hydrogens (tertiary/aromatic N) is 3. The molecule has 0 aliphatic carbocycles. The Bertz CT molecular complexity index is 470. The number of likely N-dealkylation sites (tertiary alicyclic amines) is 2. The van der Waals surface area contributed by atoms with E-state index in [0.717, 1.165) is 64.7 Å². The first kappa shape index (κ1) is 25.4. The number of nitrogens with one attached hydrogen (secondary N) is 1. The second-order valence-corrected chi connectivity index (χ2v) is 7.51. The number of hydrogen-bond donors (Lipinski definition) is 1. The summed E-state index contributed by atoms with van der Waals surface area (Å²) in [6.45, 7) is 11.9. The zero-order chi connectivity index (χ0) is 19.5. The van der Waals surface area contributed by atoms with Crippen molar-refractivity contribution in [1.29, 1.82) is 0 Å². The van der Waals surface area contributed by atoms with E-state index in [-0.39, 0.29) is 35.9 Å². The van der Waals surface area contributed by atoms with Gasteiger partial charge in [0.1, 0.15) is 0 Å². The minimum absolute atomic E-state index is 0. The molecule has 0 spiro atoms. The van der Waals surface area contributed by atoms with E-state index in [9.17, 15) is 4.79 Å². The largest absolute Gasteiger partial charge is 0.466 e. The monoisotopic (exact) mass is 510 g/mol. The van der Waals surface area contributed by atoms with Crippen LogP contribution in [-0.4, -0.2) is 87.9 Å². The summed E-state index contributed by atoms with van der Waals surface area (Å²) in [5.74, 6) is 1.49. The van der Waals surface area contributed by atoms with Gasteiger partial charge >= 0.3 is 5.97 Å². The van der Waals surface area contributed by atoms with Crippen molar-refractivity contribution in [1.82, 2.24) is 15.1 Å². The predicted molar refractivity (Wildman–Crippen MR) is 123 cm³/mol. The average Bonchev–Trinajstić information content (AvgIpc) is 2.70. The van der Waals surface area contributed by atoms with Crippen molar-refractivity contribution >= 4 is 35.9 Å². The number of halogens is 1. The SMILES string of the molecule is CCNC(=NCC1CCN(CCOC)CC1)N1CCCC(C(=O)OCC)C1.I. The first-order valence-corrected chi connectivity index (χ1v) is 10.6. The van der Waals surface area contributed by atoms with Crippen molar-refractivity contribution in [3.05, 3.63) is 0 Å². The van der Waals surface area contributed by atoms with Crippen molar-refractivity contribution in [2.24, 2.45) is 16.8 Å². The van der Waals surface area contributed by atoms with E-state index in [4.69, 9.17) is 14.5 Å². The van der Waals surface area contributed by atoms with Gasteiger partial charge in [-0.15, -0.1) is 24.0 Å². The summed E-state index contributed by atoms with van der Waals surface area (Å²) in [6.07, 6.45) is 4.30. The summed E-state index contributed by atoms with van der Waals surface area (Å²) >= 11 is 0. The zero-order valence-corrected chi connectivity index (χ0v) is 20.2. The minimum atomic E-state index is -0.0681. The van der Waals surface area contributed by atoms with Crippen molar-refractivity contribution in [3.8, 4) is 0 Å². The van der Waals surface area contributed by atoms with Gasteiger partial charge in [-0.3, -0.25) is 9.79 Å². The maximum atomic E-state index is 12.1. The van der Waals surface area contributed by atoms with Crippen LogP contribution in [-0.2, 0) is 14.3 Å². The molecule has 2 fully saturated rings. The van der Waals surface area contributed by atoms with Crippen molar-refractivity contribution < 1.29 is 14.3 Å². The minimum Gasteiger partial charge on any atom is -0.466 e. The third kappa shape index (κ3) is 8.41. The summed E-state index contributed by atoms with van der Waals surface area (Å²) < 4.78 is 10.4. The number of ether oxygens (including phenoxy) is 2. The molecule has 0 aromatic carbocycles. The highest BCUT2D eigenvalue weighted by Gasteiger charge is 2.28. The number of methoxy groups -OCH3 is 1. The Morgan fingerprint density at radius 1 is 1.18 bits per heavy atom. The van der Waals surface area contributed by atoms with E-state index in [0.29, 0.717) is 19.1 Å². The van der Waals surface area contributed by atoms with Crippen LogP contribution in [0.25, 0.3) is 0 Å². The Morgan fingerprint density at radius 3 is 2.57 bits per heavy atom. The van der Waals surface area contributed by atoms with E-state index in [1.807, 2.05) is 6.92 Å². The average molecular weight is 510 g/mol. The molecule has 28 heavy (non-hydrogen) atoms. The first-order valence-electron chi connectivity index (χ1n) is 10.6. The molecule has 2 heterocycles. The van der Waals surface area contributed by atoms with Gasteiger partial charge in [0.2, 0.25) is 0 Å². The summed E-state index contributed by atoms with van der Waals surface area (Å²) in [5, 5.41) is 3.42. The number of aliphatic imine (C=N–C) groups is 1. The van der Waals surface area contributed by atoms with Crippen LogP contribution in [0.3, 0.4) is 0 Å². The van der Waals surface area contributed by atoms with Crippen LogP contribution in [0.1, 0.15) is 39.5 Å². The second-order valence-electron chi connectivity index (χ2n) is 7.51. The molecule has 164 valence electrons. The lowest BCUT2D eigenvalue weighted by molar-refractivity contribution is -0.149. The normalized spacial score (nSPS) is 21.9. The van der Waals surface area contributed by atoms with Gasteiger partial charge in [0.05, 0.1) is 19.1 Å². The van der Waals surface area contributed by atoms with Crippen LogP contribution in [0.5, 0.6) is 0 Å². The fraction of sp³-hybridized carbons (Fsp3) is 0.900. The van der Waals surface area contributed by atoms with Crippen molar-refractivity contribution in [2.75, 3.05) is 66.1 Å². The summed E-state index contributed by atoms with van der Waals surface area (Å²) in [5.41, 5.74) is 0. The number of hydrogen-bond acceptors (Lipinski definition) is 5. The van der Waals surface area contributed by atoms with E-state index in [1.165, 1.54) is 12.8 Å². The molecule has 0 amide bonds. The zero-order valence-electron chi connectivity index (χ0n) is 17.8. The van der Waals surface area contributed by atoms with Crippen LogP contribution < -0.4 is 5.32 Å². The fourth-order valence-electron chi connectivity index (χ4n) is 3.88. The van der Waals surface area contributed by atoms with Gasteiger partial charge in [-0.25, -0.2) is 0 Å². The summed E-state index contributed by atoms with van der Waals surface area (Å²) in [4.78, 5) is 21.8. The summed E-state index contributed by atoms with van der Waals surface area (Å²) in [6, 6.07) is 0. The summed E-state index contributed by atoms with van der Waals surface area (Å²) in [7, 11) is 1.76. The number of esters is 1. The Labute approximate surface area is 187 Å². The lowest BCUT2D eigenvalue weighted by atomic mass is 9.97. The van der Waals surface area contributed by atoms with Gasteiger partial charge in [-0.2, -0.15) is 0 Å². The standard InChI is InChI=1S/C20H38N4O3.HI/c1-4-21-20(24-10-6-7-18(16-24)19(25)27-5-2)22-15-17-8-11-23(12-9-17)13-14-26-3;/h17-18H,4-16H2,1-3H3,(H,21,22);1H. The number of guanidine groups is 1. The molecule has 1 N–H and O–H groups in total. The molecule has 8 heteroatoms. The molecule has 1 atom stereocenters. The maximum Gasteiger partial charge on any atom is 0.310 e. The highest BCUT2D eigenvalue weighted by atomic mass is 127. The van der Waals surface area contributed by atoms with Crippen LogP contribution in [0.15, 0.2) is 4.99 Å². The van der Waals surface area contributed by atoms with E-state index in [1.54, 1.807) is 7.11 Å². The molecule has 2 rings (SSSR count). The van der Waals surface area contributed by atoms with Gasteiger partial charge in [0.15, 0.2) is 5.96 Å². The maximum absolute atomic E-state index is 12.1. The topological polar surface area (TPSA) is 66.4 Å². The Kier molecular flexibility index (Phi) is 13.1. The highest BCUT2D eigenvalue weighted by molar-refractivity contribution is 14.0. The molecular weight excluding hydrogens is 471 g/mol. The lowest BCUT2D eigenvalue weighted by Crippen LogP contribution is -2.48. The van der Waals surface area contributed by atoms with Crippen LogP contribution >= 0.6 is 24.0 Å².